The maximum absolute atomic E-state index is 6.20. The third-order valence-corrected chi connectivity index (χ3v) is 0.274. The van der Waals surface area contributed by atoms with E-state index in [1.807, 2.05) is 0 Å². The van der Waals surface area contributed by atoms with Gasteiger partial charge in [-0.2, -0.15) is 0 Å². The van der Waals surface area contributed by atoms with Crippen LogP contribution in [-0.2, 0) is 11.4 Å². The average molecular weight is 76.1 g/mol. The van der Waals surface area contributed by atoms with Gasteiger partial charge in [0, 0.05) is 7.05 Å². The highest BCUT2D eigenvalue weighted by Gasteiger charge is 1.23. The van der Waals surface area contributed by atoms with E-state index in [1.165, 1.54) is 0 Å². The molecule has 0 saturated carbocycles. The monoisotopic (exact) mass is 76.0 g/mol. The predicted octanol–water partition coefficient (Wildman–Crippen LogP) is 0.645. The molecule has 0 aliphatic carbocycles. The lowest BCUT2D eigenvalue weighted by Gasteiger charge is -1.40. The molecule has 0 spiro atoms. The Morgan fingerprint density at radius 3 is 2.25 bits per heavy atom. The van der Waals surface area contributed by atoms with Crippen LogP contribution in [0.3, 0.4) is 0 Å². The zero-order valence-corrected chi connectivity index (χ0v) is 3.17. The van der Waals surface area contributed by atoms with Crippen molar-refractivity contribution in [3.63, 3.8) is 0 Å². The van der Waals surface area contributed by atoms with E-state index < -0.39 is 0 Å². The van der Waals surface area contributed by atoms with Gasteiger partial charge >= 0.3 is 0 Å². The second kappa shape index (κ2) is 2.82. The van der Waals surface area contributed by atoms with Gasteiger partial charge in [0.15, 0.2) is 0 Å². The van der Waals surface area contributed by atoms with Crippen molar-refractivity contribution in [1.29, 1.82) is 4.78 Å². The zero-order chi connectivity index (χ0) is 3.41. The van der Waals surface area contributed by atoms with Crippen LogP contribution in [0.25, 0.3) is 0 Å². The fraction of sp³-hybridized carbons (Fsp3) is 1.00. The summed E-state index contributed by atoms with van der Waals surface area (Å²) in [5.74, 6) is 0. The van der Waals surface area contributed by atoms with Crippen LogP contribution in [0.1, 0.15) is 0 Å². The van der Waals surface area contributed by atoms with E-state index in [0.29, 0.717) is 0 Å². The first-order valence-electron chi connectivity index (χ1n) is 0.834. The van der Waals surface area contributed by atoms with Crippen molar-refractivity contribution in [1.82, 2.24) is 0 Å². The van der Waals surface area contributed by atoms with Gasteiger partial charge in [0.2, 0.25) is 0 Å². The van der Waals surface area contributed by atoms with E-state index in [2.05, 4.69) is 4.36 Å². The summed E-state index contributed by atoms with van der Waals surface area (Å²) >= 11 is 0.731. The molecule has 0 radical (unpaired) electrons. The predicted molar refractivity (Wildman–Crippen MR) is 18.4 cm³/mol. The normalized spacial score (nSPS) is 5.25. The molecule has 0 bridgehead atoms. The fourth-order valence-electron chi connectivity index (χ4n) is 0. The molecule has 0 unspecified atom stereocenters. The van der Waals surface area contributed by atoms with Crippen LogP contribution >= 0.6 is 0 Å². The van der Waals surface area contributed by atoms with Crippen LogP contribution in [-0.4, -0.2) is 7.05 Å². The second-order valence-corrected chi connectivity index (χ2v) is 0.822. The Morgan fingerprint density at radius 1 is 2.00 bits per heavy atom. The summed E-state index contributed by atoms with van der Waals surface area (Å²) in [5.41, 5.74) is 0. The molecule has 0 aliphatic rings. The van der Waals surface area contributed by atoms with Crippen molar-refractivity contribution >= 4 is 11.4 Å². The quantitative estimate of drug-likeness (QED) is 0.439. The number of nitrogens with one attached hydrogen (secondary N) is 1. The molecule has 24 valence electrons. The smallest absolute Gasteiger partial charge is 0.0544 e. The Balaban J connectivity index is 3.11. The molecule has 4 heavy (non-hydrogen) atoms. The van der Waals surface area contributed by atoms with Gasteiger partial charge < -0.3 is 0 Å². The maximum Gasteiger partial charge on any atom is 0.0544 e. The molecule has 2 nitrogen and oxygen atoms in total. The number of nitrogens with zero attached hydrogens (tertiary/aromatic N) is 1. The first-order valence-corrected chi connectivity index (χ1v) is 1.61. The number of hydrogen-bond donors (Lipinski definition) is 1. The number of hydrogen-bond acceptors (Lipinski definition) is 2. The second-order valence-electron chi connectivity index (χ2n) is 0.274. The van der Waals surface area contributed by atoms with Crippen LogP contribution < -0.4 is 0 Å². The molecule has 0 heterocycles. The van der Waals surface area contributed by atoms with Crippen molar-refractivity contribution in [3.8, 4) is 0 Å². The summed E-state index contributed by atoms with van der Waals surface area (Å²) in [6.45, 7) is 0. The Bertz CT molecular complexity index is 44.0. The first-order chi connectivity index (χ1) is 1.91. The molecule has 3 heteroatoms. The van der Waals surface area contributed by atoms with E-state index in [-0.39, 0.29) is 0 Å². The van der Waals surface area contributed by atoms with E-state index in [0.717, 1.165) is 11.4 Å². The molecular formula is CH4N2S. The molecule has 0 aromatic rings. The molecule has 0 atom stereocenters. The SMILES string of the molecule is CN=S=N. The molecule has 0 amide bonds. The number of rotatable bonds is 0. The van der Waals surface area contributed by atoms with E-state index in [9.17, 15) is 0 Å². The molecule has 0 aliphatic heterocycles. The highest BCUT2D eigenvalue weighted by Crippen LogP contribution is 1.35. The van der Waals surface area contributed by atoms with E-state index >= 15 is 0 Å². The lowest BCUT2D eigenvalue weighted by atomic mass is 11.6. The van der Waals surface area contributed by atoms with Gasteiger partial charge in [0.05, 0.1) is 11.4 Å². The Hall–Kier alpha value is -0.180. The van der Waals surface area contributed by atoms with Crippen molar-refractivity contribution in [2.45, 2.75) is 0 Å². The fourth-order valence-corrected chi connectivity index (χ4v) is 0. The van der Waals surface area contributed by atoms with Crippen LogP contribution in [0.2, 0.25) is 0 Å². The van der Waals surface area contributed by atoms with Gasteiger partial charge in [-0.05, 0) is 0 Å². The van der Waals surface area contributed by atoms with Crippen LogP contribution in [0, 0.1) is 4.78 Å². The summed E-state index contributed by atoms with van der Waals surface area (Å²) in [6, 6.07) is 0. The van der Waals surface area contributed by atoms with Crippen LogP contribution in [0.4, 0.5) is 0 Å². The van der Waals surface area contributed by atoms with Crippen molar-refractivity contribution in [2.24, 2.45) is 4.36 Å². The highest BCUT2D eigenvalue weighted by molar-refractivity contribution is 7.55. The lowest BCUT2D eigenvalue weighted by Crippen LogP contribution is -1.28. The van der Waals surface area contributed by atoms with Gasteiger partial charge in [-0.25, -0.2) is 9.14 Å². The summed E-state index contributed by atoms with van der Waals surface area (Å²) in [5, 5.41) is 0. The molecular weight excluding hydrogens is 72.1 g/mol. The molecule has 0 aromatic carbocycles. The molecule has 0 rings (SSSR count). The third kappa shape index (κ3) is 1.82. The summed E-state index contributed by atoms with van der Waals surface area (Å²) in [6.07, 6.45) is 0. The third-order valence-electron chi connectivity index (χ3n) is 0.0913. The van der Waals surface area contributed by atoms with Crippen molar-refractivity contribution in [3.05, 3.63) is 0 Å². The largest absolute Gasteiger partial charge is 0.229 e. The molecule has 0 aromatic heterocycles. The van der Waals surface area contributed by atoms with E-state index in [4.69, 9.17) is 4.78 Å². The van der Waals surface area contributed by atoms with Gasteiger partial charge in [-0.1, -0.05) is 0 Å². The Kier molecular flexibility index (Phi) is 2.69. The van der Waals surface area contributed by atoms with E-state index in [1.54, 1.807) is 7.05 Å². The minimum Gasteiger partial charge on any atom is -0.229 e. The van der Waals surface area contributed by atoms with Gasteiger partial charge in [0.1, 0.15) is 0 Å². The zero-order valence-electron chi connectivity index (χ0n) is 2.36. The standard InChI is InChI=1S/CH4N2S/c1-3-4-2/h2H,1H3. The maximum atomic E-state index is 6.20. The van der Waals surface area contributed by atoms with Crippen molar-refractivity contribution in [2.75, 3.05) is 7.05 Å². The topological polar surface area (TPSA) is 36.2 Å². The van der Waals surface area contributed by atoms with Gasteiger partial charge in [0.25, 0.3) is 0 Å². The summed E-state index contributed by atoms with van der Waals surface area (Å²) < 4.78 is 9.52. The van der Waals surface area contributed by atoms with Crippen molar-refractivity contribution < 1.29 is 0 Å². The summed E-state index contributed by atoms with van der Waals surface area (Å²) in [7, 11) is 1.58. The van der Waals surface area contributed by atoms with Gasteiger partial charge in [-0.15, -0.1) is 0 Å². The highest BCUT2D eigenvalue weighted by atomic mass is 32.1. The Labute approximate surface area is 28.5 Å². The average Bonchev–Trinajstić information content (AvgIpc) is 1.37. The minimum absolute atomic E-state index is 0.731. The molecule has 0 fully saturated rings. The van der Waals surface area contributed by atoms with Crippen LogP contribution in [0.15, 0.2) is 4.36 Å². The lowest BCUT2D eigenvalue weighted by molar-refractivity contribution is 1.50. The van der Waals surface area contributed by atoms with Crippen LogP contribution in [0.5, 0.6) is 0 Å². The summed E-state index contributed by atoms with van der Waals surface area (Å²) in [4.78, 5) is 0. The molecule has 0 saturated heterocycles. The van der Waals surface area contributed by atoms with Gasteiger partial charge in [-0.3, -0.25) is 0 Å². The first kappa shape index (κ1) is 3.82. The minimum atomic E-state index is 0.731. The Morgan fingerprint density at radius 2 is 2.25 bits per heavy atom. The molecule has 1 N–H and O–H groups in total.